The van der Waals surface area contributed by atoms with E-state index >= 15 is 0 Å². The van der Waals surface area contributed by atoms with Crippen molar-refractivity contribution in [1.82, 2.24) is 10.5 Å². The van der Waals surface area contributed by atoms with Crippen LogP contribution in [0.1, 0.15) is 39.4 Å². The Labute approximate surface area is 158 Å². The Morgan fingerprint density at radius 1 is 1.15 bits per heavy atom. The topological polar surface area (TPSA) is 92.4 Å². The summed E-state index contributed by atoms with van der Waals surface area (Å²) in [6, 6.07) is 10.7. The monoisotopic (exact) mass is 388 g/mol. The second-order valence-electron chi connectivity index (χ2n) is 5.78. The SMILES string of the molecule is C[C@@H](NC(=O)c1ccc(Cl)cc1)c1onc(-c2ccc(F)cc2)c1C(=O)O. The van der Waals surface area contributed by atoms with Gasteiger partial charge in [-0.1, -0.05) is 16.8 Å². The Balaban J connectivity index is 1.89. The van der Waals surface area contributed by atoms with Crippen molar-refractivity contribution < 1.29 is 23.6 Å². The Hall–Kier alpha value is -3.19. The summed E-state index contributed by atoms with van der Waals surface area (Å²) in [5, 5.41) is 16.5. The van der Waals surface area contributed by atoms with Crippen LogP contribution in [0.25, 0.3) is 11.3 Å². The number of carboxylic acid groups (broad SMARTS) is 1. The Morgan fingerprint density at radius 2 is 1.78 bits per heavy atom. The van der Waals surface area contributed by atoms with Gasteiger partial charge in [-0.2, -0.15) is 0 Å². The van der Waals surface area contributed by atoms with E-state index in [4.69, 9.17) is 16.1 Å². The van der Waals surface area contributed by atoms with Gasteiger partial charge in [-0.05, 0) is 55.5 Å². The summed E-state index contributed by atoms with van der Waals surface area (Å²) in [7, 11) is 0. The molecule has 1 amide bonds. The van der Waals surface area contributed by atoms with Gasteiger partial charge in [0.05, 0.1) is 6.04 Å². The van der Waals surface area contributed by atoms with E-state index in [1.165, 1.54) is 24.3 Å². The number of amides is 1. The molecule has 0 aliphatic heterocycles. The smallest absolute Gasteiger partial charge is 0.341 e. The van der Waals surface area contributed by atoms with Gasteiger partial charge < -0.3 is 14.9 Å². The van der Waals surface area contributed by atoms with Crippen molar-refractivity contribution in [2.24, 2.45) is 0 Å². The van der Waals surface area contributed by atoms with E-state index in [2.05, 4.69) is 10.5 Å². The molecule has 0 saturated heterocycles. The van der Waals surface area contributed by atoms with Crippen LogP contribution in [-0.4, -0.2) is 22.1 Å². The largest absolute Gasteiger partial charge is 0.477 e. The van der Waals surface area contributed by atoms with Gasteiger partial charge in [-0.15, -0.1) is 0 Å². The second-order valence-corrected chi connectivity index (χ2v) is 6.22. The fourth-order valence-electron chi connectivity index (χ4n) is 2.56. The number of carboxylic acids is 1. The van der Waals surface area contributed by atoms with Crippen molar-refractivity contribution in [3.63, 3.8) is 0 Å². The third kappa shape index (κ3) is 3.98. The lowest BCUT2D eigenvalue weighted by atomic mass is 10.0. The fourth-order valence-corrected chi connectivity index (χ4v) is 2.68. The summed E-state index contributed by atoms with van der Waals surface area (Å²) in [5.74, 6) is -2.15. The highest BCUT2D eigenvalue weighted by atomic mass is 35.5. The molecule has 0 aliphatic carbocycles. The number of halogens is 2. The van der Waals surface area contributed by atoms with Crippen LogP contribution in [0.5, 0.6) is 0 Å². The Kier molecular flexibility index (Phi) is 5.23. The number of aromatic carboxylic acids is 1. The number of carbonyl (C=O) groups is 2. The highest BCUT2D eigenvalue weighted by Crippen LogP contribution is 2.29. The van der Waals surface area contributed by atoms with Gasteiger partial charge in [0.15, 0.2) is 5.76 Å². The lowest BCUT2D eigenvalue weighted by Gasteiger charge is -2.12. The molecule has 0 unspecified atom stereocenters. The molecule has 1 heterocycles. The van der Waals surface area contributed by atoms with Crippen molar-refractivity contribution in [3.8, 4) is 11.3 Å². The van der Waals surface area contributed by atoms with Crippen molar-refractivity contribution in [2.75, 3.05) is 0 Å². The number of aromatic nitrogens is 1. The van der Waals surface area contributed by atoms with Crippen LogP contribution in [0, 0.1) is 5.82 Å². The minimum atomic E-state index is -1.27. The average Bonchev–Trinajstić information content (AvgIpc) is 3.08. The summed E-state index contributed by atoms with van der Waals surface area (Å²) in [5.41, 5.74) is 0.622. The van der Waals surface area contributed by atoms with E-state index in [1.807, 2.05) is 0 Å². The van der Waals surface area contributed by atoms with Crippen LogP contribution >= 0.6 is 11.6 Å². The average molecular weight is 389 g/mol. The van der Waals surface area contributed by atoms with Crippen molar-refractivity contribution in [1.29, 1.82) is 0 Å². The van der Waals surface area contributed by atoms with Crippen LogP contribution in [0.3, 0.4) is 0 Å². The minimum absolute atomic E-state index is 0.0101. The summed E-state index contributed by atoms with van der Waals surface area (Å²) in [6.45, 7) is 1.58. The maximum atomic E-state index is 13.1. The third-order valence-electron chi connectivity index (χ3n) is 3.90. The maximum absolute atomic E-state index is 13.1. The number of hydrogen-bond acceptors (Lipinski definition) is 4. The second kappa shape index (κ2) is 7.59. The van der Waals surface area contributed by atoms with E-state index in [0.29, 0.717) is 16.1 Å². The first-order chi connectivity index (χ1) is 12.9. The third-order valence-corrected chi connectivity index (χ3v) is 4.15. The first-order valence-electron chi connectivity index (χ1n) is 7.92. The highest BCUT2D eigenvalue weighted by molar-refractivity contribution is 6.30. The number of rotatable bonds is 5. The maximum Gasteiger partial charge on any atom is 0.341 e. The molecule has 2 aromatic carbocycles. The number of nitrogens with one attached hydrogen (secondary N) is 1. The molecular weight excluding hydrogens is 375 g/mol. The summed E-state index contributed by atoms with van der Waals surface area (Å²) in [6.07, 6.45) is 0. The van der Waals surface area contributed by atoms with Gasteiger partial charge in [-0.25, -0.2) is 9.18 Å². The molecule has 0 bridgehead atoms. The highest BCUT2D eigenvalue weighted by Gasteiger charge is 2.28. The molecule has 138 valence electrons. The zero-order valence-electron chi connectivity index (χ0n) is 14.1. The number of hydrogen-bond donors (Lipinski definition) is 2. The first-order valence-corrected chi connectivity index (χ1v) is 8.30. The number of carbonyl (C=O) groups excluding carboxylic acids is 1. The summed E-state index contributed by atoms with van der Waals surface area (Å²) < 4.78 is 18.3. The summed E-state index contributed by atoms with van der Waals surface area (Å²) in [4.78, 5) is 24.1. The van der Waals surface area contributed by atoms with Crippen LogP contribution < -0.4 is 5.32 Å². The quantitative estimate of drug-likeness (QED) is 0.678. The van der Waals surface area contributed by atoms with Gasteiger partial charge >= 0.3 is 5.97 Å². The lowest BCUT2D eigenvalue weighted by molar-refractivity contribution is 0.0692. The predicted molar refractivity (Wildman–Crippen MR) is 96.2 cm³/mol. The molecule has 0 aliphatic rings. The molecule has 27 heavy (non-hydrogen) atoms. The molecule has 0 saturated carbocycles. The van der Waals surface area contributed by atoms with Crippen molar-refractivity contribution in [2.45, 2.75) is 13.0 Å². The molecule has 0 spiro atoms. The molecular formula is C19H14ClFN2O4. The molecule has 2 N–H and O–H groups in total. The van der Waals surface area contributed by atoms with E-state index in [-0.39, 0.29) is 17.0 Å². The molecule has 1 atom stereocenters. The molecule has 8 heteroatoms. The number of benzene rings is 2. The van der Waals surface area contributed by atoms with Gasteiger partial charge in [0.2, 0.25) is 0 Å². The Bertz CT molecular complexity index is 984. The van der Waals surface area contributed by atoms with Gasteiger partial charge in [0.25, 0.3) is 5.91 Å². The van der Waals surface area contributed by atoms with Gasteiger partial charge in [-0.3, -0.25) is 4.79 Å². The predicted octanol–water partition coefficient (Wildman–Crippen LogP) is 4.32. The van der Waals surface area contributed by atoms with Gasteiger partial charge in [0.1, 0.15) is 17.1 Å². The van der Waals surface area contributed by atoms with E-state index < -0.39 is 23.7 Å². The molecule has 6 nitrogen and oxygen atoms in total. The molecule has 0 fully saturated rings. The van der Waals surface area contributed by atoms with Crippen molar-refractivity contribution >= 4 is 23.5 Å². The summed E-state index contributed by atoms with van der Waals surface area (Å²) >= 11 is 5.80. The minimum Gasteiger partial charge on any atom is -0.477 e. The van der Waals surface area contributed by atoms with Gasteiger partial charge in [0, 0.05) is 16.1 Å². The van der Waals surface area contributed by atoms with E-state index in [9.17, 15) is 19.1 Å². The number of nitrogens with zero attached hydrogens (tertiary/aromatic N) is 1. The zero-order valence-corrected chi connectivity index (χ0v) is 14.8. The van der Waals surface area contributed by atoms with E-state index in [0.717, 1.165) is 0 Å². The molecule has 0 radical (unpaired) electrons. The van der Waals surface area contributed by atoms with Crippen molar-refractivity contribution in [3.05, 3.63) is 76.3 Å². The molecule has 3 rings (SSSR count). The molecule has 1 aromatic heterocycles. The zero-order chi connectivity index (χ0) is 19.6. The van der Waals surface area contributed by atoms with E-state index in [1.54, 1.807) is 31.2 Å². The first kappa shape index (κ1) is 18.6. The lowest BCUT2D eigenvalue weighted by Crippen LogP contribution is -2.27. The normalized spacial score (nSPS) is 11.8. The van der Waals surface area contributed by atoms with Crippen LogP contribution in [0.2, 0.25) is 5.02 Å². The fraction of sp³-hybridized carbons (Fsp3) is 0.105. The Morgan fingerprint density at radius 3 is 2.37 bits per heavy atom. The van der Waals surface area contributed by atoms with Crippen LogP contribution in [0.4, 0.5) is 4.39 Å². The molecule has 3 aromatic rings. The van der Waals surface area contributed by atoms with Crippen LogP contribution in [0.15, 0.2) is 53.1 Å². The van der Waals surface area contributed by atoms with Crippen LogP contribution in [-0.2, 0) is 0 Å². The standard InChI is InChI=1S/C19H14ClFN2O4/c1-10(22-18(24)12-2-6-13(20)7-3-12)17-15(19(25)26)16(23-27-17)11-4-8-14(21)9-5-11/h2-10H,1H3,(H,22,24)(H,25,26)/t10-/m1/s1.